The fourth-order valence-corrected chi connectivity index (χ4v) is 3.80. The molecule has 0 aliphatic carbocycles. The van der Waals surface area contributed by atoms with Crippen LogP contribution >= 0.6 is 0 Å². The highest BCUT2D eigenvalue weighted by molar-refractivity contribution is 5.85. The van der Waals surface area contributed by atoms with Crippen molar-refractivity contribution in [3.05, 3.63) is 35.9 Å². The lowest BCUT2D eigenvalue weighted by Crippen LogP contribution is -2.50. The molecular weight excluding hydrogens is 440 g/mol. The summed E-state index contributed by atoms with van der Waals surface area (Å²) in [5.74, 6) is -0.244. The van der Waals surface area contributed by atoms with Crippen LogP contribution in [0.25, 0.3) is 0 Å². The second-order valence-corrected chi connectivity index (χ2v) is 10.4. The lowest BCUT2D eigenvalue weighted by molar-refractivity contribution is -0.124. The van der Waals surface area contributed by atoms with Gasteiger partial charge in [0, 0.05) is 6.54 Å². The molecule has 0 saturated carbocycles. The summed E-state index contributed by atoms with van der Waals surface area (Å²) in [5, 5.41) is 5.60. The largest absolute Gasteiger partial charge is 0.444 e. The molecule has 0 aliphatic rings. The summed E-state index contributed by atoms with van der Waals surface area (Å²) in [7, 11) is 0. The minimum Gasteiger partial charge on any atom is -0.444 e. The number of nitrogens with one attached hydrogen (secondary N) is 2. The zero-order valence-electron chi connectivity index (χ0n) is 22.7. The molecule has 0 bridgehead atoms. The number of hydrogen-bond acceptors (Lipinski definition) is 4. The number of hydrogen-bond donors (Lipinski definition) is 2. The molecule has 0 heterocycles. The fraction of sp³-hybridized carbons (Fsp3) is 0.724. The van der Waals surface area contributed by atoms with Crippen LogP contribution in [0.2, 0.25) is 0 Å². The maximum absolute atomic E-state index is 12.7. The van der Waals surface area contributed by atoms with Crippen LogP contribution in [0.4, 0.5) is 4.79 Å². The Morgan fingerprint density at radius 1 is 0.829 bits per heavy atom. The maximum Gasteiger partial charge on any atom is 0.408 e. The zero-order valence-corrected chi connectivity index (χ0v) is 22.7. The second kappa shape index (κ2) is 19.1. The lowest BCUT2D eigenvalue weighted by atomic mass is 10.1. The van der Waals surface area contributed by atoms with Gasteiger partial charge in [0.1, 0.15) is 11.6 Å². The van der Waals surface area contributed by atoms with Gasteiger partial charge in [0.05, 0.1) is 13.2 Å². The van der Waals surface area contributed by atoms with E-state index >= 15 is 0 Å². The van der Waals surface area contributed by atoms with Crippen molar-refractivity contribution in [2.24, 2.45) is 0 Å². The molecule has 2 N–H and O–H groups in total. The standard InChI is InChI=1S/C29H50N2O4/c1-5-6-7-8-9-10-11-12-13-14-15-19-22-30-27(32)26(31-28(33)35-29(2,3)4)24-34-23-25-20-17-16-18-21-25/h16-18,20-21,26H,5-15,19,22-24H2,1-4H3,(H,30,32)(H,31,33)/t26-/m1/s1. The summed E-state index contributed by atoms with van der Waals surface area (Å²) < 4.78 is 11.0. The fourth-order valence-electron chi connectivity index (χ4n) is 3.80. The van der Waals surface area contributed by atoms with Crippen molar-refractivity contribution in [1.82, 2.24) is 10.6 Å². The average molecular weight is 491 g/mol. The van der Waals surface area contributed by atoms with Gasteiger partial charge in [-0.05, 0) is 32.8 Å². The molecule has 1 atom stereocenters. The summed E-state index contributed by atoms with van der Waals surface area (Å²) in [6, 6.07) is 8.95. The summed E-state index contributed by atoms with van der Waals surface area (Å²) >= 11 is 0. The number of amides is 2. The molecule has 6 nitrogen and oxygen atoms in total. The van der Waals surface area contributed by atoms with Crippen LogP contribution in [-0.4, -0.2) is 36.8 Å². The number of unbranched alkanes of at least 4 members (excludes halogenated alkanes) is 11. The van der Waals surface area contributed by atoms with Crippen molar-refractivity contribution < 1.29 is 19.1 Å². The van der Waals surface area contributed by atoms with Crippen molar-refractivity contribution >= 4 is 12.0 Å². The van der Waals surface area contributed by atoms with E-state index in [9.17, 15) is 9.59 Å². The van der Waals surface area contributed by atoms with E-state index in [4.69, 9.17) is 9.47 Å². The molecule has 2 amide bonds. The third kappa shape index (κ3) is 17.9. The number of benzene rings is 1. The van der Waals surface area contributed by atoms with Crippen LogP contribution in [0.15, 0.2) is 30.3 Å². The van der Waals surface area contributed by atoms with Gasteiger partial charge in [-0.3, -0.25) is 4.79 Å². The molecule has 200 valence electrons. The molecule has 0 fully saturated rings. The van der Waals surface area contributed by atoms with Crippen LogP contribution in [0, 0.1) is 0 Å². The molecular formula is C29H50N2O4. The van der Waals surface area contributed by atoms with Crippen molar-refractivity contribution in [2.45, 2.75) is 123 Å². The van der Waals surface area contributed by atoms with E-state index in [1.165, 1.54) is 64.2 Å². The molecule has 1 rings (SSSR count). The first-order valence-corrected chi connectivity index (χ1v) is 13.7. The molecule has 1 aromatic carbocycles. The Balaban J connectivity index is 2.26. The highest BCUT2D eigenvalue weighted by Gasteiger charge is 2.24. The minimum absolute atomic E-state index is 0.0818. The zero-order chi connectivity index (χ0) is 25.8. The monoisotopic (exact) mass is 490 g/mol. The third-order valence-electron chi connectivity index (χ3n) is 5.73. The summed E-state index contributed by atoms with van der Waals surface area (Å²) in [5.41, 5.74) is 0.380. The molecule has 0 aromatic heterocycles. The first-order valence-electron chi connectivity index (χ1n) is 13.7. The van der Waals surface area contributed by atoms with Crippen molar-refractivity contribution in [2.75, 3.05) is 13.2 Å². The van der Waals surface area contributed by atoms with Crippen molar-refractivity contribution in [3.8, 4) is 0 Å². The first kappa shape index (κ1) is 31.0. The Morgan fingerprint density at radius 3 is 1.91 bits per heavy atom. The van der Waals surface area contributed by atoms with Crippen molar-refractivity contribution in [3.63, 3.8) is 0 Å². The van der Waals surface area contributed by atoms with E-state index < -0.39 is 17.7 Å². The lowest BCUT2D eigenvalue weighted by Gasteiger charge is -2.23. The number of rotatable bonds is 19. The molecule has 0 radical (unpaired) electrons. The predicted molar refractivity (Wildman–Crippen MR) is 143 cm³/mol. The van der Waals surface area contributed by atoms with E-state index in [0.717, 1.165) is 18.4 Å². The number of alkyl carbamates (subject to hydrolysis) is 1. The van der Waals surface area contributed by atoms with Crippen LogP contribution in [0.3, 0.4) is 0 Å². The second-order valence-electron chi connectivity index (χ2n) is 10.4. The van der Waals surface area contributed by atoms with Gasteiger partial charge < -0.3 is 20.1 Å². The van der Waals surface area contributed by atoms with Gasteiger partial charge in [-0.25, -0.2) is 4.79 Å². The van der Waals surface area contributed by atoms with Crippen LogP contribution < -0.4 is 10.6 Å². The Bertz CT molecular complexity index is 673. The predicted octanol–water partition coefficient (Wildman–Crippen LogP) is 6.91. The molecule has 0 spiro atoms. The Kier molecular flexibility index (Phi) is 16.9. The average Bonchev–Trinajstić information content (AvgIpc) is 2.80. The Hall–Kier alpha value is -2.08. The van der Waals surface area contributed by atoms with Gasteiger partial charge in [0.2, 0.25) is 5.91 Å². The van der Waals surface area contributed by atoms with Gasteiger partial charge in [-0.2, -0.15) is 0 Å². The van der Waals surface area contributed by atoms with Gasteiger partial charge in [0.25, 0.3) is 0 Å². The molecule has 0 aliphatic heterocycles. The van der Waals surface area contributed by atoms with E-state index in [1.54, 1.807) is 20.8 Å². The normalized spacial score (nSPS) is 12.2. The molecule has 35 heavy (non-hydrogen) atoms. The van der Waals surface area contributed by atoms with Gasteiger partial charge >= 0.3 is 6.09 Å². The Labute approximate surface area is 213 Å². The number of ether oxygens (including phenoxy) is 2. The smallest absolute Gasteiger partial charge is 0.408 e. The third-order valence-corrected chi connectivity index (χ3v) is 5.73. The molecule has 0 saturated heterocycles. The van der Waals surface area contributed by atoms with E-state index in [-0.39, 0.29) is 12.5 Å². The van der Waals surface area contributed by atoms with Crippen molar-refractivity contribution in [1.29, 1.82) is 0 Å². The topological polar surface area (TPSA) is 76.7 Å². The first-order chi connectivity index (χ1) is 16.8. The number of carbonyl (C=O) groups is 2. The Morgan fingerprint density at radius 2 is 1.37 bits per heavy atom. The highest BCUT2D eigenvalue weighted by Crippen LogP contribution is 2.12. The van der Waals surface area contributed by atoms with Gasteiger partial charge in [-0.15, -0.1) is 0 Å². The minimum atomic E-state index is -0.800. The molecule has 6 heteroatoms. The molecule has 0 unspecified atom stereocenters. The summed E-state index contributed by atoms with van der Waals surface area (Å²) in [6.07, 6.45) is 14.7. The van der Waals surface area contributed by atoms with Gasteiger partial charge in [-0.1, -0.05) is 108 Å². The quantitative estimate of drug-likeness (QED) is 0.207. The van der Waals surface area contributed by atoms with Crippen LogP contribution in [0.1, 0.15) is 110 Å². The summed E-state index contributed by atoms with van der Waals surface area (Å²) in [6.45, 7) is 8.69. The summed E-state index contributed by atoms with van der Waals surface area (Å²) in [4.78, 5) is 25.0. The molecule has 1 aromatic rings. The van der Waals surface area contributed by atoms with Crippen LogP contribution in [-0.2, 0) is 20.9 Å². The van der Waals surface area contributed by atoms with Crippen LogP contribution in [0.5, 0.6) is 0 Å². The number of carbonyl (C=O) groups excluding carboxylic acids is 2. The maximum atomic E-state index is 12.7. The highest BCUT2D eigenvalue weighted by atomic mass is 16.6. The van der Waals surface area contributed by atoms with E-state index in [0.29, 0.717) is 13.2 Å². The van der Waals surface area contributed by atoms with Gasteiger partial charge in [0.15, 0.2) is 0 Å². The van der Waals surface area contributed by atoms with E-state index in [1.807, 2.05) is 30.3 Å². The van der Waals surface area contributed by atoms with E-state index in [2.05, 4.69) is 17.6 Å². The SMILES string of the molecule is CCCCCCCCCCCCCCNC(=O)[C@@H](COCc1ccccc1)NC(=O)OC(C)(C)C.